The molecule has 1 heteroatoms. The van der Waals surface area contributed by atoms with Crippen LogP contribution in [0.25, 0.3) is 5.57 Å². The third-order valence-corrected chi connectivity index (χ3v) is 3.85. The molecule has 1 atom stereocenters. The average molecular weight is 260 g/mol. The van der Waals surface area contributed by atoms with Crippen molar-refractivity contribution >= 4 is 11.9 Å². The van der Waals surface area contributed by atoms with Crippen LogP contribution in [-0.2, 0) is 10.2 Å². The van der Waals surface area contributed by atoms with E-state index in [1.165, 1.54) is 11.1 Å². The molecule has 2 aromatic rings. The molecule has 2 aromatic carbocycles. The number of benzene rings is 2. The maximum absolute atomic E-state index is 11.6. The molecule has 0 bridgehead atoms. The second kappa shape index (κ2) is 5.30. The van der Waals surface area contributed by atoms with E-state index in [9.17, 15) is 4.79 Å². The topological polar surface area (TPSA) is 17.1 Å². The lowest BCUT2D eigenvalue weighted by Crippen LogP contribution is -2.26. The van der Waals surface area contributed by atoms with E-state index in [0.29, 0.717) is 6.42 Å². The molecule has 0 radical (unpaired) electrons. The van der Waals surface area contributed by atoms with E-state index in [2.05, 4.69) is 24.3 Å². The molecule has 0 amide bonds. The van der Waals surface area contributed by atoms with Crippen molar-refractivity contribution in [2.45, 2.75) is 11.8 Å². The molecule has 1 unspecified atom stereocenters. The van der Waals surface area contributed by atoms with Gasteiger partial charge in [-0.2, -0.15) is 0 Å². The normalized spacial score (nSPS) is 21.3. The van der Waals surface area contributed by atoms with E-state index in [0.717, 1.165) is 11.8 Å². The maximum atomic E-state index is 11.6. The molecule has 0 N–H and O–H groups in total. The highest BCUT2D eigenvalue weighted by molar-refractivity contribution is 5.81. The highest BCUT2D eigenvalue weighted by atomic mass is 16.1. The van der Waals surface area contributed by atoms with Gasteiger partial charge in [0.25, 0.3) is 0 Å². The van der Waals surface area contributed by atoms with Gasteiger partial charge in [-0.1, -0.05) is 78.9 Å². The van der Waals surface area contributed by atoms with Crippen molar-refractivity contribution in [1.82, 2.24) is 0 Å². The Hall–Kier alpha value is -2.41. The van der Waals surface area contributed by atoms with Gasteiger partial charge in [0.15, 0.2) is 0 Å². The molecule has 0 fully saturated rings. The van der Waals surface area contributed by atoms with Gasteiger partial charge in [0.05, 0.1) is 5.41 Å². The zero-order valence-corrected chi connectivity index (χ0v) is 11.2. The van der Waals surface area contributed by atoms with E-state index in [-0.39, 0.29) is 0 Å². The molecule has 0 saturated heterocycles. The largest absolute Gasteiger partial charge is 0.302 e. The van der Waals surface area contributed by atoms with Crippen molar-refractivity contribution in [3.8, 4) is 0 Å². The molecule has 0 saturated carbocycles. The van der Waals surface area contributed by atoms with E-state index < -0.39 is 5.41 Å². The first-order chi connectivity index (χ1) is 9.84. The predicted molar refractivity (Wildman–Crippen MR) is 82.4 cm³/mol. The van der Waals surface area contributed by atoms with E-state index >= 15 is 0 Å². The van der Waals surface area contributed by atoms with Crippen LogP contribution in [0, 0.1) is 0 Å². The second-order valence-corrected chi connectivity index (χ2v) is 5.09. The maximum Gasteiger partial charge on any atom is 0.134 e. The fourth-order valence-corrected chi connectivity index (χ4v) is 2.62. The van der Waals surface area contributed by atoms with Gasteiger partial charge in [0.2, 0.25) is 0 Å². The first-order valence-electron chi connectivity index (χ1n) is 6.81. The highest BCUT2D eigenvalue weighted by Gasteiger charge is 2.29. The minimum absolute atomic E-state index is 0.514. The molecule has 98 valence electrons. The number of carbonyl (C=O) groups excluding carboxylic acids is 1. The minimum Gasteiger partial charge on any atom is -0.302 e. The summed E-state index contributed by atoms with van der Waals surface area (Å²) in [6.45, 7) is 0. The minimum atomic E-state index is -0.514. The number of hydrogen-bond donors (Lipinski definition) is 0. The first kappa shape index (κ1) is 12.6. The summed E-state index contributed by atoms with van der Waals surface area (Å²) in [6, 6.07) is 20.2. The van der Waals surface area contributed by atoms with Gasteiger partial charge in [-0.25, -0.2) is 0 Å². The zero-order chi connectivity index (χ0) is 13.8. The van der Waals surface area contributed by atoms with Crippen LogP contribution >= 0.6 is 0 Å². The summed E-state index contributed by atoms with van der Waals surface area (Å²) in [5, 5.41) is 0. The molecule has 0 heterocycles. The Morgan fingerprint density at radius 2 is 1.55 bits per heavy atom. The van der Waals surface area contributed by atoms with Crippen molar-refractivity contribution in [2.24, 2.45) is 0 Å². The summed E-state index contributed by atoms with van der Waals surface area (Å²) in [5.74, 6) is 0. The van der Waals surface area contributed by atoms with Crippen LogP contribution in [0.5, 0.6) is 0 Å². The molecule has 1 aliphatic rings. The lowest BCUT2D eigenvalue weighted by Gasteiger charge is -2.27. The molecular formula is C19H16O. The lowest BCUT2D eigenvalue weighted by molar-refractivity contribution is -0.111. The molecule has 1 nitrogen and oxygen atoms in total. The van der Waals surface area contributed by atoms with Crippen LogP contribution in [0.1, 0.15) is 17.5 Å². The fourth-order valence-electron chi connectivity index (χ4n) is 2.62. The summed E-state index contributed by atoms with van der Waals surface area (Å²) in [6.07, 6.45) is 7.99. The van der Waals surface area contributed by atoms with Crippen LogP contribution in [0.15, 0.2) is 78.9 Å². The summed E-state index contributed by atoms with van der Waals surface area (Å²) in [7, 11) is 0. The smallest absolute Gasteiger partial charge is 0.134 e. The van der Waals surface area contributed by atoms with Gasteiger partial charge in [-0.05, 0) is 23.1 Å². The Kier molecular flexibility index (Phi) is 3.34. The third-order valence-electron chi connectivity index (χ3n) is 3.85. The van der Waals surface area contributed by atoms with Crippen molar-refractivity contribution in [3.63, 3.8) is 0 Å². The molecule has 0 spiro atoms. The average Bonchev–Trinajstić information content (AvgIpc) is 2.56. The van der Waals surface area contributed by atoms with Crippen molar-refractivity contribution in [1.29, 1.82) is 0 Å². The predicted octanol–water partition coefficient (Wildman–Crippen LogP) is 4.17. The van der Waals surface area contributed by atoms with Gasteiger partial charge in [0, 0.05) is 0 Å². The number of allylic oxidation sites excluding steroid dienone is 4. The zero-order valence-electron chi connectivity index (χ0n) is 11.2. The van der Waals surface area contributed by atoms with E-state index in [1.54, 1.807) is 0 Å². The summed E-state index contributed by atoms with van der Waals surface area (Å²) >= 11 is 0. The highest BCUT2D eigenvalue weighted by Crippen LogP contribution is 2.34. The molecule has 3 rings (SSSR count). The number of carbonyl (C=O) groups is 1. The van der Waals surface area contributed by atoms with E-state index in [1.807, 2.05) is 54.6 Å². The number of rotatable bonds is 3. The summed E-state index contributed by atoms with van der Waals surface area (Å²) < 4.78 is 0. The Morgan fingerprint density at radius 1 is 0.900 bits per heavy atom. The van der Waals surface area contributed by atoms with Gasteiger partial charge in [-0.15, -0.1) is 0 Å². The van der Waals surface area contributed by atoms with Crippen molar-refractivity contribution in [2.75, 3.05) is 0 Å². The monoisotopic (exact) mass is 260 g/mol. The van der Waals surface area contributed by atoms with Crippen LogP contribution < -0.4 is 0 Å². The Labute approximate surface area is 119 Å². The van der Waals surface area contributed by atoms with Crippen LogP contribution in [-0.4, -0.2) is 6.29 Å². The quantitative estimate of drug-likeness (QED) is 0.757. The molecule has 0 aromatic heterocycles. The molecule has 0 aliphatic heterocycles. The Bertz CT molecular complexity index is 653. The molecule has 1 aliphatic carbocycles. The standard InChI is InChI=1S/C19H16O/c20-15-19(18-9-5-2-6-10-18)13-11-17(12-14-19)16-7-3-1-4-8-16/h1-13,15H,14H2. The van der Waals surface area contributed by atoms with Gasteiger partial charge >= 0.3 is 0 Å². The summed E-state index contributed by atoms with van der Waals surface area (Å²) in [5.41, 5.74) is 2.91. The lowest BCUT2D eigenvalue weighted by atomic mass is 9.75. The van der Waals surface area contributed by atoms with Gasteiger partial charge in [0.1, 0.15) is 6.29 Å². The Balaban J connectivity index is 1.93. The van der Waals surface area contributed by atoms with Crippen molar-refractivity contribution < 1.29 is 4.79 Å². The second-order valence-electron chi connectivity index (χ2n) is 5.09. The van der Waals surface area contributed by atoms with Crippen LogP contribution in [0.4, 0.5) is 0 Å². The van der Waals surface area contributed by atoms with Crippen LogP contribution in [0.2, 0.25) is 0 Å². The Morgan fingerprint density at radius 3 is 2.10 bits per heavy atom. The van der Waals surface area contributed by atoms with E-state index in [4.69, 9.17) is 0 Å². The first-order valence-corrected chi connectivity index (χ1v) is 6.81. The number of aldehydes is 1. The molecule has 20 heavy (non-hydrogen) atoms. The van der Waals surface area contributed by atoms with Crippen LogP contribution in [0.3, 0.4) is 0 Å². The molecular weight excluding hydrogens is 244 g/mol. The van der Waals surface area contributed by atoms with Gasteiger partial charge in [-0.3, -0.25) is 0 Å². The fraction of sp³-hybridized carbons (Fsp3) is 0.105. The summed E-state index contributed by atoms with van der Waals surface area (Å²) in [4.78, 5) is 11.6. The van der Waals surface area contributed by atoms with Crippen molar-refractivity contribution in [3.05, 3.63) is 90.0 Å². The third kappa shape index (κ3) is 2.23. The van der Waals surface area contributed by atoms with Gasteiger partial charge < -0.3 is 4.79 Å². The number of hydrogen-bond acceptors (Lipinski definition) is 1. The SMILES string of the molecule is O=CC1(c2ccccc2)C=CC(c2ccccc2)=CC1.